The lowest BCUT2D eigenvalue weighted by Gasteiger charge is -2.26. The van der Waals surface area contributed by atoms with Gasteiger partial charge in [-0.05, 0) is 24.6 Å². The molecular weight excluding hydrogens is 262 g/mol. The zero-order chi connectivity index (χ0) is 14.6. The molecule has 0 saturated heterocycles. The summed E-state index contributed by atoms with van der Waals surface area (Å²) in [5, 5.41) is 11.1. The molecule has 106 valence electrons. The van der Waals surface area contributed by atoms with Gasteiger partial charge in [-0.15, -0.1) is 0 Å². The van der Waals surface area contributed by atoms with E-state index in [0.29, 0.717) is 5.02 Å². The van der Waals surface area contributed by atoms with E-state index in [1.165, 1.54) is 0 Å². The Balaban J connectivity index is 2.93. The zero-order valence-corrected chi connectivity index (χ0v) is 12.9. The lowest BCUT2D eigenvalue weighted by atomic mass is 9.96. The van der Waals surface area contributed by atoms with Crippen molar-refractivity contribution in [1.82, 2.24) is 9.80 Å². The van der Waals surface area contributed by atoms with Crippen LogP contribution < -0.4 is 0 Å². The van der Waals surface area contributed by atoms with E-state index in [4.69, 9.17) is 11.6 Å². The fraction of sp³-hybridized carbons (Fsp3) is 0.500. The molecule has 0 aliphatic rings. The third kappa shape index (κ3) is 4.40. The molecule has 0 amide bonds. The predicted molar refractivity (Wildman–Crippen MR) is 80.7 cm³/mol. The van der Waals surface area contributed by atoms with E-state index >= 15 is 0 Å². The van der Waals surface area contributed by atoms with Crippen LogP contribution in [0.25, 0.3) is 0 Å². The molecule has 0 aliphatic heterocycles. The van der Waals surface area contributed by atoms with Crippen molar-refractivity contribution >= 4 is 17.6 Å². The summed E-state index contributed by atoms with van der Waals surface area (Å²) in [7, 11) is 7.69. The van der Waals surface area contributed by atoms with Crippen LogP contribution in [0.1, 0.15) is 12.5 Å². The van der Waals surface area contributed by atoms with Gasteiger partial charge in [0.05, 0.1) is 6.54 Å². The molecule has 0 saturated carbocycles. The van der Waals surface area contributed by atoms with Crippen molar-refractivity contribution in [3.8, 4) is 0 Å². The summed E-state index contributed by atoms with van der Waals surface area (Å²) in [5.41, 5.74) is -0.275. The molecule has 1 unspecified atom stereocenters. The third-order valence-electron chi connectivity index (χ3n) is 2.77. The van der Waals surface area contributed by atoms with Crippen LogP contribution in [-0.2, 0) is 5.60 Å². The number of hydrogen-bond acceptors (Lipinski definition) is 2. The monoisotopic (exact) mass is 283 g/mol. The Morgan fingerprint density at radius 2 is 1.84 bits per heavy atom. The van der Waals surface area contributed by atoms with Crippen molar-refractivity contribution in [3.63, 3.8) is 0 Å². The number of aliphatic imine (C=N–C) groups is 1. The van der Waals surface area contributed by atoms with Crippen molar-refractivity contribution < 1.29 is 5.11 Å². The average Bonchev–Trinajstić information content (AvgIpc) is 2.28. The van der Waals surface area contributed by atoms with Crippen LogP contribution in [0.4, 0.5) is 0 Å². The molecule has 1 N–H and O–H groups in total. The van der Waals surface area contributed by atoms with E-state index in [1.54, 1.807) is 19.1 Å². The summed E-state index contributed by atoms with van der Waals surface area (Å²) in [6.45, 7) is 2.02. The lowest BCUT2D eigenvalue weighted by Crippen LogP contribution is -2.37. The predicted octanol–water partition coefficient (Wildman–Crippen LogP) is 2.03. The number of benzene rings is 1. The topological polar surface area (TPSA) is 39.1 Å². The van der Waals surface area contributed by atoms with Crippen molar-refractivity contribution in [2.75, 3.05) is 34.7 Å². The van der Waals surface area contributed by atoms with Crippen LogP contribution in [0.15, 0.2) is 29.3 Å². The van der Waals surface area contributed by atoms with Crippen LogP contribution in [0.3, 0.4) is 0 Å². The largest absolute Gasteiger partial charge is 0.384 e. The maximum atomic E-state index is 10.5. The summed E-state index contributed by atoms with van der Waals surface area (Å²) in [6, 6.07) is 7.23. The molecule has 0 radical (unpaired) electrons. The van der Waals surface area contributed by atoms with Crippen molar-refractivity contribution in [1.29, 1.82) is 0 Å². The number of hydrogen-bond donors (Lipinski definition) is 1. The first-order valence-electron chi connectivity index (χ1n) is 6.11. The van der Waals surface area contributed by atoms with E-state index in [9.17, 15) is 5.11 Å². The normalized spacial score (nSPS) is 13.6. The number of aliphatic hydroxyl groups is 1. The van der Waals surface area contributed by atoms with Gasteiger partial charge in [-0.1, -0.05) is 23.7 Å². The number of nitrogens with zero attached hydrogens (tertiary/aromatic N) is 3. The Kier molecular flexibility index (Phi) is 5.20. The molecule has 0 aliphatic carbocycles. The molecule has 0 fully saturated rings. The molecule has 1 aromatic rings. The van der Waals surface area contributed by atoms with Gasteiger partial charge in [0.25, 0.3) is 0 Å². The Labute approximate surface area is 120 Å². The lowest BCUT2D eigenvalue weighted by molar-refractivity contribution is 0.0668. The standard InChI is InChI=1S/C14H22ClN3O/c1-14(19,11-7-6-8-12(15)9-11)10-16-13(17(2)3)18(4)5/h6-9,19H,10H2,1-5H3. The van der Waals surface area contributed by atoms with Crippen LogP contribution >= 0.6 is 11.6 Å². The van der Waals surface area contributed by atoms with Crippen molar-refractivity contribution in [3.05, 3.63) is 34.9 Å². The van der Waals surface area contributed by atoms with Crippen LogP contribution in [0.2, 0.25) is 5.02 Å². The smallest absolute Gasteiger partial charge is 0.195 e. The highest BCUT2D eigenvalue weighted by Crippen LogP contribution is 2.23. The average molecular weight is 284 g/mol. The quantitative estimate of drug-likeness (QED) is 0.681. The summed E-state index contributed by atoms with van der Waals surface area (Å²) in [5.74, 6) is 0.808. The Hall–Kier alpha value is -1.26. The molecule has 1 aromatic carbocycles. The Morgan fingerprint density at radius 1 is 1.26 bits per heavy atom. The molecule has 4 nitrogen and oxygen atoms in total. The maximum Gasteiger partial charge on any atom is 0.195 e. The molecule has 0 spiro atoms. The first kappa shape index (κ1) is 15.8. The minimum atomic E-state index is -1.04. The number of guanidine groups is 1. The molecular formula is C14H22ClN3O. The first-order chi connectivity index (χ1) is 8.74. The summed E-state index contributed by atoms with van der Waals surface area (Å²) >= 11 is 5.95. The highest BCUT2D eigenvalue weighted by molar-refractivity contribution is 6.30. The van der Waals surface area contributed by atoms with Gasteiger partial charge < -0.3 is 14.9 Å². The van der Waals surface area contributed by atoms with E-state index in [-0.39, 0.29) is 6.54 Å². The van der Waals surface area contributed by atoms with Crippen LogP contribution in [0.5, 0.6) is 0 Å². The van der Waals surface area contributed by atoms with Gasteiger partial charge in [-0.25, -0.2) is 4.99 Å². The minimum Gasteiger partial charge on any atom is -0.384 e. The number of rotatable bonds is 3. The highest BCUT2D eigenvalue weighted by Gasteiger charge is 2.23. The SMILES string of the molecule is CN(C)C(=NCC(C)(O)c1cccc(Cl)c1)N(C)C. The molecule has 1 atom stereocenters. The molecule has 0 aromatic heterocycles. The van der Waals surface area contributed by atoms with E-state index in [0.717, 1.165) is 11.5 Å². The Morgan fingerprint density at radius 3 is 2.32 bits per heavy atom. The van der Waals surface area contributed by atoms with Gasteiger partial charge >= 0.3 is 0 Å². The van der Waals surface area contributed by atoms with Gasteiger partial charge in [0.15, 0.2) is 5.96 Å². The van der Waals surface area contributed by atoms with E-state index in [1.807, 2.05) is 50.1 Å². The fourth-order valence-electron chi connectivity index (χ4n) is 1.82. The zero-order valence-electron chi connectivity index (χ0n) is 12.2. The van der Waals surface area contributed by atoms with Gasteiger partial charge in [0, 0.05) is 33.2 Å². The molecule has 1 rings (SSSR count). The van der Waals surface area contributed by atoms with Crippen molar-refractivity contribution in [2.24, 2.45) is 4.99 Å². The molecule has 0 heterocycles. The Bertz CT molecular complexity index is 446. The second kappa shape index (κ2) is 6.26. The summed E-state index contributed by atoms with van der Waals surface area (Å²) < 4.78 is 0. The van der Waals surface area contributed by atoms with Crippen molar-refractivity contribution in [2.45, 2.75) is 12.5 Å². The third-order valence-corrected chi connectivity index (χ3v) is 3.01. The van der Waals surface area contributed by atoms with Crippen LogP contribution in [0, 0.1) is 0 Å². The summed E-state index contributed by atoms with van der Waals surface area (Å²) in [6.07, 6.45) is 0. The van der Waals surface area contributed by atoms with Gasteiger partial charge in [0.2, 0.25) is 0 Å². The highest BCUT2D eigenvalue weighted by atomic mass is 35.5. The van der Waals surface area contributed by atoms with Gasteiger partial charge in [-0.3, -0.25) is 0 Å². The minimum absolute atomic E-state index is 0.277. The van der Waals surface area contributed by atoms with E-state index < -0.39 is 5.60 Å². The maximum absolute atomic E-state index is 10.5. The molecule has 19 heavy (non-hydrogen) atoms. The van der Waals surface area contributed by atoms with E-state index in [2.05, 4.69) is 4.99 Å². The summed E-state index contributed by atoms with van der Waals surface area (Å²) in [4.78, 5) is 8.30. The van der Waals surface area contributed by atoms with Gasteiger partial charge in [-0.2, -0.15) is 0 Å². The second-order valence-corrected chi connectivity index (χ2v) is 5.63. The van der Waals surface area contributed by atoms with Crippen LogP contribution in [-0.4, -0.2) is 55.6 Å². The van der Waals surface area contributed by atoms with Gasteiger partial charge in [0.1, 0.15) is 5.60 Å². The second-order valence-electron chi connectivity index (χ2n) is 5.19. The fourth-order valence-corrected chi connectivity index (χ4v) is 2.01. The first-order valence-corrected chi connectivity index (χ1v) is 6.49. The molecule has 5 heteroatoms. The molecule has 0 bridgehead atoms. The number of halogens is 1.